The molecule has 1 fully saturated rings. The van der Waals surface area contributed by atoms with Gasteiger partial charge in [0.25, 0.3) is 0 Å². The predicted molar refractivity (Wildman–Crippen MR) is 82.4 cm³/mol. The number of nitrogens with zero attached hydrogens (tertiary/aromatic N) is 1. The summed E-state index contributed by atoms with van der Waals surface area (Å²) in [5.74, 6) is 0.391. The molecule has 0 N–H and O–H groups in total. The molecule has 0 aliphatic carbocycles. The summed E-state index contributed by atoms with van der Waals surface area (Å²) in [6, 6.07) is 3.06. The van der Waals surface area contributed by atoms with E-state index in [9.17, 15) is 14.0 Å². The molecule has 108 valence electrons. The second kappa shape index (κ2) is 6.26. The molecule has 0 bridgehead atoms. The SMILES string of the molecule is CC(=O)SCC1CC(=O)N(c2cc(F)c(Br)cc2C)C1. The van der Waals surface area contributed by atoms with Gasteiger partial charge in [-0.05, 0) is 46.5 Å². The van der Waals surface area contributed by atoms with Crippen LogP contribution < -0.4 is 4.90 Å². The van der Waals surface area contributed by atoms with Crippen molar-refractivity contribution in [1.29, 1.82) is 0 Å². The minimum atomic E-state index is -0.375. The number of hydrogen-bond acceptors (Lipinski definition) is 3. The minimum absolute atomic E-state index is 0.0102. The molecule has 1 amide bonds. The van der Waals surface area contributed by atoms with Crippen molar-refractivity contribution in [3.8, 4) is 0 Å². The van der Waals surface area contributed by atoms with E-state index in [4.69, 9.17) is 0 Å². The number of benzene rings is 1. The summed E-state index contributed by atoms with van der Waals surface area (Å²) in [7, 11) is 0. The lowest BCUT2D eigenvalue weighted by molar-refractivity contribution is -0.117. The minimum Gasteiger partial charge on any atom is -0.312 e. The molecular weight excluding hydrogens is 345 g/mol. The topological polar surface area (TPSA) is 37.4 Å². The van der Waals surface area contributed by atoms with Crippen molar-refractivity contribution >= 4 is 44.4 Å². The molecule has 0 aromatic heterocycles. The van der Waals surface area contributed by atoms with Gasteiger partial charge in [0.2, 0.25) is 5.91 Å². The quantitative estimate of drug-likeness (QED) is 0.828. The van der Waals surface area contributed by atoms with Crippen LogP contribution in [-0.2, 0) is 9.59 Å². The number of rotatable bonds is 3. The average Bonchev–Trinajstić information content (AvgIpc) is 2.72. The molecule has 3 nitrogen and oxygen atoms in total. The largest absolute Gasteiger partial charge is 0.312 e. The maximum atomic E-state index is 13.7. The maximum absolute atomic E-state index is 13.7. The lowest BCUT2D eigenvalue weighted by atomic mass is 10.1. The summed E-state index contributed by atoms with van der Waals surface area (Å²) in [5, 5.41) is 0.0572. The fourth-order valence-corrected chi connectivity index (χ4v) is 3.44. The van der Waals surface area contributed by atoms with Crippen LogP contribution >= 0.6 is 27.7 Å². The van der Waals surface area contributed by atoms with Gasteiger partial charge in [0, 0.05) is 31.3 Å². The molecule has 1 saturated heterocycles. The van der Waals surface area contributed by atoms with E-state index in [1.54, 1.807) is 11.0 Å². The fraction of sp³-hybridized carbons (Fsp3) is 0.429. The second-order valence-corrected chi connectivity index (χ2v) is 6.98. The summed E-state index contributed by atoms with van der Waals surface area (Å²) in [6.45, 7) is 3.92. The van der Waals surface area contributed by atoms with Crippen LogP contribution in [0.2, 0.25) is 0 Å². The van der Waals surface area contributed by atoms with Crippen molar-refractivity contribution in [1.82, 2.24) is 0 Å². The van der Waals surface area contributed by atoms with Gasteiger partial charge in [-0.15, -0.1) is 0 Å². The zero-order valence-corrected chi connectivity index (χ0v) is 13.7. The van der Waals surface area contributed by atoms with Gasteiger partial charge in [0.1, 0.15) is 5.82 Å². The summed E-state index contributed by atoms with van der Waals surface area (Å²) in [5.41, 5.74) is 1.47. The zero-order valence-electron chi connectivity index (χ0n) is 11.3. The molecule has 1 atom stereocenters. The average molecular weight is 360 g/mol. The van der Waals surface area contributed by atoms with Crippen molar-refractivity contribution in [3.63, 3.8) is 0 Å². The molecule has 0 saturated carbocycles. The van der Waals surface area contributed by atoms with Gasteiger partial charge in [-0.3, -0.25) is 9.59 Å². The van der Waals surface area contributed by atoms with Gasteiger partial charge in [-0.25, -0.2) is 4.39 Å². The highest BCUT2D eigenvalue weighted by Gasteiger charge is 2.31. The Balaban J connectivity index is 2.16. The molecule has 1 aromatic rings. The van der Waals surface area contributed by atoms with Crippen LogP contribution in [0.15, 0.2) is 16.6 Å². The molecule has 6 heteroatoms. The number of anilines is 1. The molecule has 1 aliphatic heterocycles. The van der Waals surface area contributed by atoms with Crippen LogP contribution in [-0.4, -0.2) is 23.3 Å². The Bertz CT molecular complexity index is 564. The van der Waals surface area contributed by atoms with E-state index in [2.05, 4.69) is 15.9 Å². The summed E-state index contributed by atoms with van der Waals surface area (Å²) in [4.78, 5) is 24.7. The molecule has 1 aliphatic rings. The highest BCUT2D eigenvalue weighted by molar-refractivity contribution is 9.10. The number of carbonyl (C=O) groups excluding carboxylic acids is 2. The van der Waals surface area contributed by atoms with Crippen LogP contribution in [0.5, 0.6) is 0 Å². The van der Waals surface area contributed by atoms with Crippen molar-refractivity contribution in [2.24, 2.45) is 5.92 Å². The molecule has 1 aromatic carbocycles. The van der Waals surface area contributed by atoms with E-state index in [-0.39, 0.29) is 22.8 Å². The Morgan fingerprint density at radius 3 is 2.90 bits per heavy atom. The van der Waals surface area contributed by atoms with Crippen LogP contribution in [0, 0.1) is 18.7 Å². The Kier molecular flexibility index (Phi) is 4.86. The van der Waals surface area contributed by atoms with Gasteiger partial charge in [-0.2, -0.15) is 0 Å². The van der Waals surface area contributed by atoms with Gasteiger partial charge in [0.05, 0.1) is 4.47 Å². The second-order valence-electron chi connectivity index (χ2n) is 4.93. The first-order valence-corrected chi connectivity index (χ1v) is 8.05. The van der Waals surface area contributed by atoms with Crippen molar-refractivity contribution in [3.05, 3.63) is 28.0 Å². The van der Waals surface area contributed by atoms with E-state index in [0.717, 1.165) is 5.56 Å². The standard InChI is InChI=1S/C14H15BrFNO2S/c1-8-3-11(15)12(16)5-13(8)17-6-10(4-14(17)19)7-20-9(2)18/h3,5,10H,4,6-7H2,1-2H3. The molecule has 0 spiro atoms. The van der Waals surface area contributed by atoms with Gasteiger partial charge in [0.15, 0.2) is 5.12 Å². The lowest BCUT2D eigenvalue weighted by Crippen LogP contribution is -2.25. The first kappa shape index (κ1) is 15.5. The number of amides is 1. The highest BCUT2D eigenvalue weighted by Crippen LogP contribution is 2.32. The Morgan fingerprint density at radius 1 is 1.55 bits per heavy atom. The van der Waals surface area contributed by atoms with E-state index < -0.39 is 0 Å². The number of carbonyl (C=O) groups is 2. The normalized spacial score (nSPS) is 18.7. The zero-order chi connectivity index (χ0) is 14.9. The smallest absolute Gasteiger partial charge is 0.227 e. The van der Waals surface area contributed by atoms with Crippen molar-refractivity contribution in [2.45, 2.75) is 20.3 Å². The van der Waals surface area contributed by atoms with E-state index >= 15 is 0 Å². The molecule has 2 rings (SSSR count). The van der Waals surface area contributed by atoms with Gasteiger partial charge >= 0.3 is 0 Å². The van der Waals surface area contributed by atoms with Crippen LogP contribution in [0.4, 0.5) is 10.1 Å². The van der Waals surface area contributed by atoms with E-state index in [0.29, 0.717) is 28.9 Å². The third-order valence-electron chi connectivity index (χ3n) is 3.26. The van der Waals surface area contributed by atoms with Crippen molar-refractivity contribution in [2.75, 3.05) is 17.2 Å². The van der Waals surface area contributed by atoms with E-state index in [1.165, 1.54) is 24.8 Å². The first-order valence-electron chi connectivity index (χ1n) is 6.28. The highest BCUT2D eigenvalue weighted by atomic mass is 79.9. The number of halogens is 2. The summed E-state index contributed by atoms with van der Waals surface area (Å²) < 4.78 is 14.1. The van der Waals surface area contributed by atoms with Crippen LogP contribution in [0.25, 0.3) is 0 Å². The molecule has 0 radical (unpaired) electrons. The third-order valence-corrected chi connectivity index (χ3v) is 4.91. The maximum Gasteiger partial charge on any atom is 0.227 e. The van der Waals surface area contributed by atoms with Crippen LogP contribution in [0.1, 0.15) is 18.9 Å². The Morgan fingerprint density at radius 2 is 2.25 bits per heavy atom. The molecule has 1 unspecified atom stereocenters. The van der Waals surface area contributed by atoms with Crippen LogP contribution in [0.3, 0.4) is 0 Å². The van der Waals surface area contributed by atoms with Gasteiger partial charge in [-0.1, -0.05) is 11.8 Å². The lowest BCUT2D eigenvalue weighted by Gasteiger charge is -2.19. The molecule has 1 heterocycles. The Labute approximate surface area is 130 Å². The summed E-state index contributed by atoms with van der Waals surface area (Å²) in [6.07, 6.45) is 0.414. The van der Waals surface area contributed by atoms with Crippen molar-refractivity contribution < 1.29 is 14.0 Å². The molecular formula is C14H15BrFNO2S. The monoisotopic (exact) mass is 359 g/mol. The Hall–Kier alpha value is -0.880. The summed E-state index contributed by atoms with van der Waals surface area (Å²) >= 11 is 4.38. The van der Waals surface area contributed by atoms with Gasteiger partial charge < -0.3 is 4.90 Å². The van der Waals surface area contributed by atoms with E-state index in [1.807, 2.05) is 6.92 Å². The first-order chi connectivity index (χ1) is 9.38. The molecule has 20 heavy (non-hydrogen) atoms. The number of aryl methyl sites for hydroxylation is 1. The predicted octanol–water partition coefficient (Wildman–Crippen LogP) is 3.53. The fourth-order valence-electron chi connectivity index (χ4n) is 2.29. The number of thioether (sulfide) groups is 1. The third kappa shape index (κ3) is 3.41. The number of hydrogen-bond donors (Lipinski definition) is 0.